The van der Waals surface area contributed by atoms with Crippen molar-refractivity contribution in [3.05, 3.63) is 245 Å². The molecule has 5 aliphatic rings. The number of allylic oxidation sites excluding steroid dienone is 8. The van der Waals surface area contributed by atoms with E-state index in [9.17, 15) is 0 Å². The molecule has 0 amide bonds. The minimum absolute atomic E-state index is 0.00906. The lowest BCUT2D eigenvalue weighted by Gasteiger charge is -2.33. The molecule has 1 unspecified atom stereocenters. The van der Waals surface area contributed by atoms with Crippen molar-refractivity contribution in [2.24, 2.45) is 5.41 Å². The van der Waals surface area contributed by atoms with Crippen LogP contribution in [0, 0.1) is 5.41 Å². The van der Waals surface area contributed by atoms with Crippen LogP contribution in [0.2, 0.25) is 0 Å². The summed E-state index contributed by atoms with van der Waals surface area (Å²) in [5.41, 5.74) is 26.0. The van der Waals surface area contributed by atoms with Crippen molar-refractivity contribution in [3.8, 4) is 44.5 Å². The van der Waals surface area contributed by atoms with Crippen LogP contribution in [0.15, 0.2) is 227 Å². The fraction of sp³-hybridized carbons (Fsp3) is 0.138. The quantitative estimate of drug-likeness (QED) is 0.171. The molecule has 2 heteroatoms. The Kier molecular flexibility index (Phi) is 7.88. The summed E-state index contributed by atoms with van der Waals surface area (Å²) in [7, 11) is 0. The summed E-state index contributed by atoms with van der Waals surface area (Å²) in [6, 6.07) is 65.2. The number of hydrogen-bond acceptors (Lipinski definition) is 2. The zero-order chi connectivity index (χ0) is 44.8. The molecular weight excluding hydrogens is 811 g/mol. The van der Waals surface area contributed by atoms with Gasteiger partial charge in [-0.2, -0.15) is 0 Å². The molecule has 67 heavy (non-hydrogen) atoms. The van der Waals surface area contributed by atoms with Gasteiger partial charge < -0.3 is 9.32 Å². The van der Waals surface area contributed by atoms with Crippen molar-refractivity contribution in [2.75, 3.05) is 4.90 Å². The van der Waals surface area contributed by atoms with Gasteiger partial charge in [0.25, 0.3) is 0 Å². The second kappa shape index (κ2) is 13.7. The summed E-state index contributed by atoms with van der Waals surface area (Å²) in [6.07, 6.45) is 11.9. The molecule has 14 rings (SSSR count). The number of hydrogen-bond donors (Lipinski definition) is 0. The maximum absolute atomic E-state index is 7.30. The second-order valence-electron chi connectivity index (χ2n) is 20.3. The largest absolute Gasteiger partial charge is 0.455 e. The number of nitrogens with zero attached hydrogens (tertiary/aromatic N) is 1. The van der Waals surface area contributed by atoms with E-state index in [-0.39, 0.29) is 16.2 Å². The molecule has 0 N–H and O–H groups in total. The predicted molar refractivity (Wildman–Crippen MR) is 278 cm³/mol. The Morgan fingerprint density at radius 2 is 1.10 bits per heavy atom. The van der Waals surface area contributed by atoms with Crippen LogP contribution in [0.3, 0.4) is 0 Å². The molecule has 320 valence electrons. The fourth-order valence-corrected chi connectivity index (χ4v) is 13.0. The summed E-state index contributed by atoms with van der Waals surface area (Å²) in [4.78, 5) is 2.41. The van der Waals surface area contributed by atoms with Crippen molar-refractivity contribution < 1.29 is 4.42 Å². The van der Waals surface area contributed by atoms with E-state index in [0.29, 0.717) is 0 Å². The topological polar surface area (TPSA) is 16.4 Å². The van der Waals surface area contributed by atoms with Gasteiger partial charge >= 0.3 is 0 Å². The first kappa shape index (κ1) is 38.6. The first-order valence-electron chi connectivity index (χ1n) is 24.0. The van der Waals surface area contributed by atoms with Crippen LogP contribution in [0.4, 0.5) is 17.1 Å². The molecule has 5 aliphatic carbocycles. The van der Waals surface area contributed by atoms with Crippen LogP contribution < -0.4 is 4.90 Å². The van der Waals surface area contributed by atoms with Crippen molar-refractivity contribution in [3.63, 3.8) is 0 Å². The van der Waals surface area contributed by atoms with Crippen LogP contribution in [-0.4, -0.2) is 0 Å². The summed E-state index contributed by atoms with van der Waals surface area (Å²) in [5.74, 6) is 0. The number of benzene rings is 8. The second-order valence-corrected chi connectivity index (χ2v) is 20.3. The molecule has 0 aliphatic heterocycles. The SMILES string of the molecule is CC1(C)C=CC2=C1C1=C(C=CCC1)C21c2ccccc2-c2c1ccc1c2oc2c(-c3ccc(N(c4ccc(-c5ccccc5)cc4)c4ccc5c(c4)C(C)(C)c4ccccc4-5)cc3)cccc21. The van der Waals surface area contributed by atoms with Gasteiger partial charge in [0.05, 0.1) is 5.41 Å². The van der Waals surface area contributed by atoms with E-state index in [4.69, 9.17) is 4.42 Å². The monoisotopic (exact) mass is 859 g/mol. The first-order valence-corrected chi connectivity index (χ1v) is 24.0. The Balaban J connectivity index is 0.903. The van der Waals surface area contributed by atoms with Crippen molar-refractivity contribution >= 4 is 39.0 Å². The van der Waals surface area contributed by atoms with E-state index in [0.717, 1.165) is 63.0 Å². The smallest absolute Gasteiger partial charge is 0.143 e. The fourth-order valence-electron chi connectivity index (χ4n) is 13.0. The van der Waals surface area contributed by atoms with Gasteiger partial charge in [-0.3, -0.25) is 0 Å². The number of para-hydroxylation sites is 1. The van der Waals surface area contributed by atoms with E-state index in [1.165, 1.54) is 72.4 Å². The normalized spacial score (nSPS) is 18.7. The average Bonchev–Trinajstić information content (AvgIpc) is 4.13. The molecule has 0 saturated carbocycles. The summed E-state index contributed by atoms with van der Waals surface area (Å²) in [5, 5.41) is 2.30. The maximum Gasteiger partial charge on any atom is 0.143 e. The Labute approximate surface area is 392 Å². The highest BCUT2D eigenvalue weighted by atomic mass is 16.3. The maximum atomic E-state index is 7.30. The highest BCUT2D eigenvalue weighted by Gasteiger charge is 2.56. The predicted octanol–water partition coefficient (Wildman–Crippen LogP) is 17.5. The lowest BCUT2D eigenvalue weighted by molar-refractivity contribution is 0.590. The number of fused-ring (bicyclic) bond motifs is 15. The van der Waals surface area contributed by atoms with Crippen LogP contribution in [0.5, 0.6) is 0 Å². The van der Waals surface area contributed by atoms with Crippen molar-refractivity contribution in [1.29, 1.82) is 0 Å². The van der Waals surface area contributed by atoms with Gasteiger partial charge in [-0.1, -0.05) is 192 Å². The van der Waals surface area contributed by atoms with Gasteiger partial charge in [0, 0.05) is 49.8 Å². The molecule has 8 aromatic carbocycles. The zero-order valence-electron chi connectivity index (χ0n) is 38.3. The molecule has 0 saturated heterocycles. The van der Waals surface area contributed by atoms with Crippen molar-refractivity contribution in [2.45, 2.75) is 51.4 Å². The van der Waals surface area contributed by atoms with Gasteiger partial charge in [0.2, 0.25) is 0 Å². The zero-order valence-corrected chi connectivity index (χ0v) is 38.3. The highest BCUT2D eigenvalue weighted by Crippen LogP contribution is 2.67. The molecular formula is C65H49NO. The average molecular weight is 860 g/mol. The number of rotatable bonds is 5. The highest BCUT2D eigenvalue weighted by molar-refractivity contribution is 6.15. The molecule has 1 heterocycles. The summed E-state index contributed by atoms with van der Waals surface area (Å²) >= 11 is 0. The molecule has 0 fully saturated rings. The molecule has 2 nitrogen and oxygen atoms in total. The Morgan fingerprint density at radius 3 is 1.90 bits per heavy atom. The first-order chi connectivity index (χ1) is 32.7. The van der Waals surface area contributed by atoms with Gasteiger partial charge in [-0.25, -0.2) is 0 Å². The molecule has 1 atom stereocenters. The number of anilines is 3. The summed E-state index contributed by atoms with van der Waals surface area (Å²) < 4.78 is 7.30. The third-order valence-corrected chi connectivity index (χ3v) is 16.0. The third-order valence-electron chi connectivity index (χ3n) is 16.0. The van der Waals surface area contributed by atoms with Crippen molar-refractivity contribution in [1.82, 2.24) is 0 Å². The Morgan fingerprint density at radius 1 is 0.463 bits per heavy atom. The van der Waals surface area contributed by atoms with Gasteiger partial charge in [-0.05, 0) is 127 Å². The lowest BCUT2D eigenvalue weighted by Crippen LogP contribution is -2.27. The molecule has 1 spiro atoms. The lowest BCUT2D eigenvalue weighted by atomic mass is 9.68. The van der Waals surface area contributed by atoms with Gasteiger partial charge in [0.15, 0.2) is 0 Å². The van der Waals surface area contributed by atoms with Crippen LogP contribution in [0.1, 0.15) is 62.8 Å². The third kappa shape index (κ3) is 5.16. The van der Waals surface area contributed by atoms with E-state index >= 15 is 0 Å². The minimum Gasteiger partial charge on any atom is -0.455 e. The number of furan rings is 1. The van der Waals surface area contributed by atoms with Gasteiger partial charge in [-0.15, -0.1) is 0 Å². The minimum atomic E-state index is -0.351. The van der Waals surface area contributed by atoms with Gasteiger partial charge in [0.1, 0.15) is 11.2 Å². The molecule has 0 radical (unpaired) electrons. The molecule has 0 bridgehead atoms. The van der Waals surface area contributed by atoms with E-state index < -0.39 is 0 Å². The van der Waals surface area contributed by atoms with E-state index in [1.54, 1.807) is 5.57 Å². The van der Waals surface area contributed by atoms with E-state index in [1.807, 2.05) is 0 Å². The van der Waals surface area contributed by atoms with E-state index in [2.05, 4.69) is 233 Å². The molecule has 1 aromatic heterocycles. The Hall–Kier alpha value is -7.68. The summed E-state index contributed by atoms with van der Waals surface area (Å²) in [6.45, 7) is 9.49. The Bertz CT molecular complexity index is 3720. The molecule has 9 aromatic rings. The standard InChI is InChI=1S/C65H49NO/c1-63(2)38-37-57-60(63)52-19-10-13-24-55(52)65(57)54-23-12-9-18-51(54)59-56(65)36-35-50-49-21-14-20-46(61(49)67-62(50)59)42-27-31-44(32-28-42)66(43-29-25-41(26-30-43)40-15-6-5-7-16-40)45-33-34-48-47-17-8-11-22-53(47)64(3,4)58(48)39-45/h5-9,11-18,20-39H,10,19H2,1-4H3. The van der Waals surface area contributed by atoms with Crippen LogP contribution >= 0.6 is 0 Å². The van der Waals surface area contributed by atoms with Crippen LogP contribution in [-0.2, 0) is 10.8 Å². The van der Waals surface area contributed by atoms with Crippen LogP contribution in [0.25, 0.3) is 66.4 Å².